The standard InChI is InChI=1S/C4H7F3O/c1-3(5)4(6,7)2-8/h3,8H,2H2,1H3/p+1. The Morgan fingerprint density at radius 3 is 2.00 bits per heavy atom. The second-order valence-electron chi connectivity index (χ2n) is 1.55. The number of alkyl halides is 3. The van der Waals surface area contributed by atoms with E-state index < -0.39 is 18.7 Å². The predicted molar refractivity (Wildman–Crippen MR) is 24.0 cm³/mol. The molecular weight excluding hydrogens is 121 g/mol. The highest BCUT2D eigenvalue weighted by Crippen LogP contribution is 2.19. The van der Waals surface area contributed by atoms with Crippen molar-refractivity contribution >= 4 is 0 Å². The Labute approximate surface area is 45.1 Å². The minimum absolute atomic E-state index is 0.745. The highest BCUT2D eigenvalue weighted by Gasteiger charge is 2.38. The van der Waals surface area contributed by atoms with Crippen molar-refractivity contribution in [2.45, 2.75) is 19.0 Å². The lowest BCUT2D eigenvalue weighted by molar-refractivity contribution is -0.101. The van der Waals surface area contributed by atoms with Crippen LogP contribution in [-0.4, -0.2) is 23.8 Å². The van der Waals surface area contributed by atoms with Gasteiger partial charge in [-0.2, -0.15) is 8.78 Å². The Morgan fingerprint density at radius 1 is 1.62 bits per heavy atom. The van der Waals surface area contributed by atoms with Gasteiger partial charge in [-0.05, 0) is 6.92 Å². The van der Waals surface area contributed by atoms with Gasteiger partial charge < -0.3 is 5.11 Å². The van der Waals surface area contributed by atoms with Gasteiger partial charge >= 0.3 is 5.92 Å². The summed E-state index contributed by atoms with van der Waals surface area (Å²) in [4.78, 5) is 0. The fourth-order valence-corrected chi connectivity index (χ4v) is 0.141. The smallest absolute Gasteiger partial charge is 0.344 e. The molecule has 0 aliphatic carbocycles. The first-order valence-electron chi connectivity index (χ1n) is 2.17. The molecule has 0 aliphatic heterocycles. The van der Waals surface area contributed by atoms with Crippen LogP contribution < -0.4 is 0 Å². The van der Waals surface area contributed by atoms with E-state index in [1.807, 2.05) is 0 Å². The lowest BCUT2D eigenvalue weighted by atomic mass is 10.2. The lowest BCUT2D eigenvalue weighted by Gasteiger charge is -2.10. The van der Waals surface area contributed by atoms with Crippen molar-refractivity contribution in [2.75, 3.05) is 6.61 Å². The van der Waals surface area contributed by atoms with E-state index in [-0.39, 0.29) is 0 Å². The van der Waals surface area contributed by atoms with Gasteiger partial charge in [-0.1, -0.05) is 0 Å². The number of hydrogen-bond donors (Lipinski definition) is 0. The third-order valence-electron chi connectivity index (χ3n) is 0.818. The maximum absolute atomic E-state index is 11.7. The molecule has 4 heteroatoms. The van der Waals surface area contributed by atoms with Crippen LogP contribution >= 0.6 is 0 Å². The molecule has 0 aromatic carbocycles. The molecule has 0 radical (unpaired) electrons. The van der Waals surface area contributed by atoms with Gasteiger partial charge in [-0.15, -0.1) is 0 Å². The Hall–Kier alpha value is -0.250. The molecule has 0 heterocycles. The Morgan fingerprint density at radius 2 is 2.00 bits per heavy atom. The maximum atomic E-state index is 11.7. The van der Waals surface area contributed by atoms with Crippen molar-refractivity contribution < 1.29 is 18.3 Å². The largest absolute Gasteiger partial charge is 0.441 e. The Kier molecular flexibility index (Phi) is 2.27. The zero-order valence-electron chi connectivity index (χ0n) is 4.42. The van der Waals surface area contributed by atoms with Gasteiger partial charge in [0.05, 0.1) is 0 Å². The molecule has 1 unspecified atom stereocenters. The van der Waals surface area contributed by atoms with E-state index in [2.05, 4.69) is 0 Å². The minimum atomic E-state index is -3.46. The molecule has 0 fully saturated rings. The molecule has 0 bridgehead atoms. The van der Waals surface area contributed by atoms with E-state index in [0.717, 1.165) is 6.92 Å². The molecule has 0 saturated heterocycles. The fraction of sp³-hybridized carbons (Fsp3) is 1.00. The van der Waals surface area contributed by atoms with Crippen molar-refractivity contribution in [3.05, 3.63) is 0 Å². The van der Waals surface area contributed by atoms with Gasteiger partial charge in [0.2, 0.25) is 6.61 Å². The van der Waals surface area contributed by atoms with Crippen LogP contribution in [0.5, 0.6) is 0 Å². The van der Waals surface area contributed by atoms with Crippen LogP contribution in [0.25, 0.3) is 0 Å². The van der Waals surface area contributed by atoms with Gasteiger partial charge in [0.25, 0.3) is 0 Å². The molecule has 0 saturated carbocycles. The van der Waals surface area contributed by atoms with E-state index in [4.69, 9.17) is 5.11 Å². The van der Waals surface area contributed by atoms with Crippen LogP contribution in [0.2, 0.25) is 0 Å². The summed E-state index contributed by atoms with van der Waals surface area (Å²) in [6.07, 6.45) is -2.21. The van der Waals surface area contributed by atoms with Crippen LogP contribution in [0.15, 0.2) is 0 Å². The fourth-order valence-electron chi connectivity index (χ4n) is 0.141. The van der Waals surface area contributed by atoms with Crippen LogP contribution in [-0.2, 0) is 0 Å². The summed E-state index contributed by atoms with van der Waals surface area (Å²) in [5.74, 6) is -3.46. The Balaban J connectivity index is 3.71. The first-order chi connectivity index (χ1) is 3.50. The summed E-state index contributed by atoms with van der Waals surface area (Å²) in [5, 5.41) is 6.15. The molecule has 1 nitrogen and oxygen atoms in total. The number of hydrogen-bond acceptors (Lipinski definition) is 0. The van der Waals surface area contributed by atoms with E-state index in [0.29, 0.717) is 0 Å². The van der Waals surface area contributed by atoms with Crippen LogP contribution in [0.1, 0.15) is 6.92 Å². The van der Waals surface area contributed by atoms with Crippen LogP contribution in [0.4, 0.5) is 13.2 Å². The lowest BCUT2D eigenvalue weighted by Crippen LogP contribution is -2.31. The number of halogens is 3. The van der Waals surface area contributed by atoms with Gasteiger partial charge in [0, 0.05) is 0 Å². The van der Waals surface area contributed by atoms with Crippen molar-refractivity contribution in [3.8, 4) is 0 Å². The Bertz CT molecular complexity index is 71.7. The molecule has 8 heavy (non-hydrogen) atoms. The highest BCUT2D eigenvalue weighted by molar-refractivity contribution is 4.70. The first kappa shape index (κ1) is 7.75. The molecular formula is C4H8F3O+. The van der Waals surface area contributed by atoms with Crippen molar-refractivity contribution in [3.63, 3.8) is 0 Å². The molecule has 0 aromatic heterocycles. The second-order valence-corrected chi connectivity index (χ2v) is 1.55. The predicted octanol–water partition coefficient (Wildman–Crippen LogP) is 0.704. The van der Waals surface area contributed by atoms with Crippen LogP contribution in [0.3, 0.4) is 0 Å². The van der Waals surface area contributed by atoms with E-state index in [1.165, 1.54) is 0 Å². The molecule has 0 aromatic rings. The summed E-state index contributed by atoms with van der Waals surface area (Å²) >= 11 is 0. The first-order valence-corrected chi connectivity index (χ1v) is 2.17. The van der Waals surface area contributed by atoms with Crippen molar-refractivity contribution in [2.24, 2.45) is 0 Å². The quantitative estimate of drug-likeness (QED) is 0.490. The van der Waals surface area contributed by atoms with E-state index in [9.17, 15) is 13.2 Å². The molecule has 2 N–H and O–H groups in total. The summed E-state index contributed by atoms with van der Waals surface area (Å²) in [6, 6.07) is 0. The summed E-state index contributed by atoms with van der Waals surface area (Å²) in [6.45, 7) is -0.431. The topological polar surface area (TPSA) is 22.9 Å². The van der Waals surface area contributed by atoms with Crippen molar-refractivity contribution in [1.29, 1.82) is 0 Å². The molecule has 0 aliphatic rings. The monoisotopic (exact) mass is 129 g/mol. The van der Waals surface area contributed by atoms with Gasteiger partial charge in [0.1, 0.15) is 0 Å². The highest BCUT2D eigenvalue weighted by atomic mass is 19.3. The summed E-state index contributed by atoms with van der Waals surface area (Å²) in [7, 11) is 0. The van der Waals surface area contributed by atoms with Gasteiger partial charge in [-0.3, -0.25) is 0 Å². The van der Waals surface area contributed by atoms with Gasteiger partial charge in [-0.25, -0.2) is 4.39 Å². The third-order valence-corrected chi connectivity index (χ3v) is 0.818. The van der Waals surface area contributed by atoms with E-state index in [1.54, 1.807) is 0 Å². The molecule has 1 atom stereocenters. The zero-order chi connectivity index (χ0) is 6.78. The summed E-state index contributed by atoms with van der Waals surface area (Å²) < 4.78 is 35.0. The van der Waals surface area contributed by atoms with Crippen molar-refractivity contribution in [1.82, 2.24) is 0 Å². The third kappa shape index (κ3) is 1.69. The molecule has 0 amide bonds. The van der Waals surface area contributed by atoms with Gasteiger partial charge in [0.15, 0.2) is 6.17 Å². The normalized spacial score (nSPS) is 16.1. The molecule has 0 rings (SSSR count). The SMILES string of the molecule is CC(F)C(F)(F)C[OH2+]. The average molecular weight is 129 g/mol. The maximum Gasteiger partial charge on any atom is 0.344 e. The second kappa shape index (κ2) is 2.35. The average Bonchev–Trinajstić information content (AvgIpc) is 1.67. The molecule has 50 valence electrons. The molecule has 0 spiro atoms. The number of rotatable bonds is 2. The minimum Gasteiger partial charge on any atom is -0.441 e. The zero-order valence-corrected chi connectivity index (χ0v) is 4.42. The summed E-state index contributed by atoms with van der Waals surface area (Å²) in [5.41, 5.74) is 0. The van der Waals surface area contributed by atoms with Crippen LogP contribution in [0, 0.1) is 0 Å². The van der Waals surface area contributed by atoms with E-state index >= 15 is 0 Å².